The number of hydrogen-bond donors (Lipinski definition) is 1. The molecule has 1 aromatic rings. The number of allylic oxidation sites excluding steroid dienone is 2. The van der Waals surface area contributed by atoms with E-state index in [2.05, 4.69) is 44.2 Å². The lowest BCUT2D eigenvalue weighted by Crippen LogP contribution is -2.26. The third-order valence-electron chi connectivity index (χ3n) is 3.83. The molecule has 104 valence electrons. The van der Waals surface area contributed by atoms with Gasteiger partial charge >= 0.3 is 0 Å². The van der Waals surface area contributed by atoms with Crippen LogP contribution in [0.4, 0.5) is 0 Å². The van der Waals surface area contributed by atoms with E-state index in [1.807, 2.05) is 13.0 Å². The van der Waals surface area contributed by atoms with Crippen LogP contribution in [0, 0.1) is 24.2 Å². The maximum absolute atomic E-state index is 12.2. The van der Waals surface area contributed by atoms with Crippen molar-refractivity contribution in [2.24, 2.45) is 17.3 Å². The zero-order chi connectivity index (χ0) is 14.2. The van der Waals surface area contributed by atoms with E-state index in [0.717, 1.165) is 11.5 Å². The van der Waals surface area contributed by atoms with Gasteiger partial charge in [0.25, 0.3) is 0 Å². The number of amides is 1. The van der Waals surface area contributed by atoms with Crippen molar-refractivity contribution in [2.45, 2.75) is 41.2 Å². The average molecular weight is 262 g/mol. The Kier molecular flexibility index (Phi) is 3.52. The molecule has 0 radical (unpaired) electrons. The van der Waals surface area contributed by atoms with Crippen LogP contribution in [0.15, 0.2) is 22.2 Å². The third-order valence-corrected chi connectivity index (χ3v) is 3.83. The van der Waals surface area contributed by atoms with Gasteiger partial charge in [-0.05, 0) is 32.1 Å². The molecule has 1 aliphatic rings. The van der Waals surface area contributed by atoms with Crippen molar-refractivity contribution < 1.29 is 9.32 Å². The van der Waals surface area contributed by atoms with E-state index in [-0.39, 0.29) is 17.2 Å². The molecule has 0 aliphatic heterocycles. The highest BCUT2D eigenvalue weighted by atomic mass is 16.5. The SMILES string of the molecule is CC(C)=C[C@H]1[C@H](C(=O)NCc2cc(C)on2)C1(C)C. The second-order valence-electron chi connectivity index (χ2n) is 6.22. The minimum absolute atomic E-state index is 0.0566. The maximum atomic E-state index is 12.2. The summed E-state index contributed by atoms with van der Waals surface area (Å²) in [6, 6.07) is 1.84. The van der Waals surface area contributed by atoms with Crippen molar-refractivity contribution in [3.8, 4) is 0 Å². The number of aryl methyl sites for hydroxylation is 1. The standard InChI is InChI=1S/C15H22N2O2/c1-9(2)6-12-13(15(12,4)5)14(18)16-8-11-7-10(3)19-17-11/h6-7,12-13H,8H2,1-5H3,(H,16,18)/t12-,13+/m0/s1. The lowest BCUT2D eigenvalue weighted by Gasteiger charge is -2.03. The number of carbonyl (C=O) groups is 1. The second-order valence-corrected chi connectivity index (χ2v) is 6.22. The van der Waals surface area contributed by atoms with Crippen LogP contribution in [-0.2, 0) is 11.3 Å². The molecule has 2 atom stereocenters. The summed E-state index contributed by atoms with van der Waals surface area (Å²) in [7, 11) is 0. The van der Waals surface area contributed by atoms with Crippen molar-refractivity contribution in [3.63, 3.8) is 0 Å². The van der Waals surface area contributed by atoms with Crippen molar-refractivity contribution >= 4 is 5.91 Å². The lowest BCUT2D eigenvalue weighted by atomic mass is 10.1. The van der Waals surface area contributed by atoms with Gasteiger partial charge in [0.2, 0.25) is 5.91 Å². The van der Waals surface area contributed by atoms with Crippen molar-refractivity contribution in [3.05, 3.63) is 29.2 Å². The molecule has 0 bridgehead atoms. The molecule has 1 saturated carbocycles. The smallest absolute Gasteiger partial charge is 0.224 e. The zero-order valence-corrected chi connectivity index (χ0v) is 12.3. The van der Waals surface area contributed by atoms with Gasteiger partial charge < -0.3 is 9.84 Å². The van der Waals surface area contributed by atoms with Crippen LogP contribution < -0.4 is 5.32 Å². The molecule has 1 heterocycles. The Morgan fingerprint density at radius 2 is 2.21 bits per heavy atom. The van der Waals surface area contributed by atoms with Crippen LogP contribution >= 0.6 is 0 Å². The Morgan fingerprint density at radius 3 is 2.74 bits per heavy atom. The summed E-state index contributed by atoms with van der Waals surface area (Å²) in [5, 5.41) is 6.81. The topological polar surface area (TPSA) is 55.1 Å². The molecule has 4 heteroatoms. The largest absolute Gasteiger partial charge is 0.361 e. The molecular formula is C15H22N2O2. The van der Waals surface area contributed by atoms with E-state index in [9.17, 15) is 4.79 Å². The number of carbonyl (C=O) groups excluding carboxylic acids is 1. The summed E-state index contributed by atoms with van der Waals surface area (Å²) >= 11 is 0. The first-order chi connectivity index (χ1) is 8.82. The quantitative estimate of drug-likeness (QED) is 0.849. The first-order valence-electron chi connectivity index (χ1n) is 6.67. The van der Waals surface area contributed by atoms with Gasteiger partial charge in [0.1, 0.15) is 11.5 Å². The molecule has 19 heavy (non-hydrogen) atoms. The van der Waals surface area contributed by atoms with E-state index >= 15 is 0 Å². The van der Waals surface area contributed by atoms with Crippen molar-refractivity contribution in [1.82, 2.24) is 10.5 Å². The van der Waals surface area contributed by atoms with E-state index in [1.165, 1.54) is 5.57 Å². The van der Waals surface area contributed by atoms with Gasteiger partial charge in [0.05, 0.1) is 12.5 Å². The van der Waals surface area contributed by atoms with Crippen LogP contribution in [0.1, 0.15) is 39.1 Å². The summed E-state index contributed by atoms with van der Waals surface area (Å²) in [5.74, 6) is 1.28. The first-order valence-corrected chi connectivity index (χ1v) is 6.67. The molecule has 2 rings (SSSR count). The second kappa shape index (κ2) is 4.83. The van der Waals surface area contributed by atoms with Crippen LogP contribution in [0.25, 0.3) is 0 Å². The summed E-state index contributed by atoms with van der Waals surface area (Å²) in [4.78, 5) is 12.2. The minimum Gasteiger partial charge on any atom is -0.361 e. The first kappa shape index (κ1) is 13.8. The summed E-state index contributed by atoms with van der Waals surface area (Å²) in [6.45, 7) is 10.7. The lowest BCUT2D eigenvalue weighted by molar-refractivity contribution is -0.123. The predicted octanol–water partition coefficient (Wildman–Crippen LogP) is 2.84. The molecule has 1 aliphatic carbocycles. The summed E-state index contributed by atoms with van der Waals surface area (Å²) in [5.41, 5.74) is 2.09. The molecule has 0 aromatic carbocycles. The highest BCUT2D eigenvalue weighted by molar-refractivity contribution is 5.83. The van der Waals surface area contributed by atoms with Gasteiger partial charge in [-0.2, -0.15) is 0 Å². The minimum atomic E-state index is 0.0566. The molecule has 1 N–H and O–H groups in total. The highest BCUT2D eigenvalue weighted by Crippen LogP contribution is 2.59. The normalized spacial score (nSPS) is 23.8. The predicted molar refractivity (Wildman–Crippen MR) is 73.3 cm³/mol. The molecule has 0 spiro atoms. The van der Waals surface area contributed by atoms with E-state index in [0.29, 0.717) is 12.5 Å². The van der Waals surface area contributed by atoms with Crippen LogP contribution in [0.2, 0.25) is 0 Å². The zero-order valence-electron chi connectivity index (χ0n) is 12.3. The Labute approximate surface area is 114 Å². The van der Waals surface area contributed by atoms with Gasteiger partial charge in [-0.3, -0.25) is 4.79 Å². The van der Waals surface area contributed by atoms with Gasteiger partial charge in [0.15, 0.2) is 0 Å². The molecule has 1 aromatic heterocycles. The van der Waals surface area contributed by atoms with E-state index in [4.69, 9.17) is 4.52 Å². The molecule has 0 unspecified atom stereocenters. The molecule has 4 nitrogen and oxygen atoms in total. The Balaban J connectivity index is 1.93. The maximum Gasteiger partial charge on any atom is 0.224 e. The molecule has 1 fully saturated rings. The van der Waals surface area contributed by atoms with E-state index in [1.54, 1.807) is 0 Å². The monoisotopic (exact) mass is 262 g/mol. The summed E-state index contributed by atoms with van der Waals surface area (Å²) in [6.07, 6.45) is 2.20. The fourth-order valence-corrected chi connectivity index (χ4v) is 2.64. The number of hydrogen-bond acceptors (Lipinski definition) is 3. The number of nitrogens with zero attached hydrogens (tertiary/aromatic N) is 1. The van der Waals surface area contributed by atoms with Gasteiger partial charge in [0, 0.05) is 6.07 Å². The van der Waals surface area contributed by atoms with E-state index < -0.39 is 0 Å². The molecule has 1 amide bonds. The number of nitrogens with one attached hydrogen (secondary N) is 1. The van der Waals surface area contributed by atoms with Gasteiger partial charge in [-0.25, -0.2) is 0 Å². The Morgan fingerprint density at radius 1 is 1.53 bits per heavy atom. The Hall–Kier alpha value is -1.58. The molecular weight excluding hydrogens is 240 g/mol. The number of rotatable bonds is 4. The van der Waals surface area contributed by atoms with Crippen LogP contribution in [0.3, 0.4) is 0 Å². The van der Waals surface area contributed by atoms with Crippen LogP contribution in [0.5, 0.6) is 0 Å². The van der Waals surface area contributed by atoms with Gasteiger partial charge in [-0.1, -0.05) is 30.7 Å². The highest BCUT2D eigenvalue weighted by Gasteiger charge is 2.60. The fourth-order valence-electron chi connectivity index (χ4n) is 2.64. The Bertz CT molecular complexity index is 510. The fraction of sp³-hybridized carbons (Fsp3) is 0.600. The van der Waals surface area contributed by atoms with Crippen molar-refractivity contribution in [2.75, 3.05) is 0 Å². The number of aromatic nitrogens is 1. The molecule has 0 saturated heterocycles. The van der Waals surface area contributed by atoms with Crippen molar-refractivity contribution in [1.29, 1.82) is 0 Å². The summed E-state index contributed by atoms with van der Waals surface area (Å²) < 4.78 is 4.98. The van der Waals surface area contributed by atoms with Crippen LogP contribution in [-0.4, -0.2) is 11.1 Å². The van der Waals surface area contributed by atoms with Gasteiger partial charge in [-0.15, -0.1) is 0 Å². The average Bonchev–Trinajstić information content (AvgIpc) is 2.67. The third kappa shape index (κ3) is 2.88.